The zero-order valence-corrected chi connectivity index (χ0v) is 11.9. The maximum atomic E-state index is 5.50. The first-order chi connectivity index (χ1) is 9.18. The number of aryl methyl sites for hydroxylation is 1. The van der Waals surface area contributed by atoms with E-state index in [-0.39, 0.29) is 6.04 Å². The Morgan fingerprint density at radius 1 is 1.05 bits per heavy atom. The first-order valence-electron chi connectivity index (χ1n) is 6.43. The molecule has 0 amide bonds. The Morgan fingerprint density at radius 2 is 1.79 bits per heavy atom. The summed E-state index contributed by atoms with van der Waals surface area (Å²) >= 11 is 5.50. The van der Waals surface area contributed by atoms with Crippen molar-refractivity contribution in [3.8, 4) is 0 Å². The van der Waals surface area contributed by atoms with E-state index < -0.39 is 0 Å². The Labute approximate surface area is 117 Å². The van der Waals surface area contributed by atoms with E-state index in [1.54, 1.807) is 0 Å². The summed E-state index contributed by atoms with van der Waals surface area (Å²) in [7, 11) is 0. The van der Waals surface area contributed by atoms with Crippen molar-refractivity contribution < 1.29 is 0 Å². The number of aromatic amines is 1. The van der Waals surface area contributed by atoms with Crippen LogP contribution in [-0.4, -0.2) is 9.55 Å². The van der Waals surface area contributed by atoms with E-state index >= 15 is 0 Å². The highest BCUT2D eigenvalue weighted by Gasteiger charge is 2.13. The van der Waals surface area contributed by atoms with Crippen LogP contribution in [0.2, 0.25) is 0 Å². The minimum atomic E-state index is 0.226. The van der Waals surface area contributed by atoms with Crippen molar-refractivity contribution in [2.24, 2.45) is 0 Å². The van der Waals surface area contributed by atoms with E-state index in [0.717, 1.165) is 10.3 Å². The van der Waals surface area contributed by atoms with Crippen LogP contribution in [0.4, 0.5) is 0 Å². The highest BCUT2D eigenvalue weighted by molar-refractivity contribution is 7.71. The summed E-state index contributed by atoms with van der Waals surface area (Å²) in [6, 6.07) is 16.9. The van der Waals surface area contributed by atoms with Crippen LogP contribution >= 0.6 is 12.2 Å². The molecule has 19 heavy (non-hydrogen) atoms. The molecule has 2 aromatic carbocycles. The van der Waals surface area contributed by atoms with Crippen LogP contribution in [0, 0.1) is 11.7 Å². The molecule has 0 bridgehead atoms. The van der Waals surface area contributed by atoms with Crippen molar-refractivity contribution in [2.75, 3.05) is 0 Å². The van der Waals surface area contributed by atoms with Gasteiger partial charge in [-0.05, 0) is 43.3 Å². The van der Waals surface area contributed by atoms with Crippen molar-refractivity contribution in [3.05, 3.63) is 64.4 Å². The Bertz CT molecular complexity index is 768. The predicted octanol–water partition coefficient (Wildman–Crippen LogP) is 4.62. The van der Waals surface area contributed by atoms with Gasteiger partial charge in [0.2, 0.25) is 0 Å². The van der Waals surface area contributed by atoms with Crippen LogP contribution in [0.3, 0.4) is 0 Å². The van der Waals surface area contributed by atoms with E-state index in [1.807, 2.05) is 6.07 Å². The molecule has 1 atom stereocenters. The quantitative estimate of drug-likeness (QED) is 0.673. The van der Waals surface area contributed by atoms with Gasteiger partial charge in [0.15, 0.2) is 4.77 Å². The van der Waals surface area contributed by atoms with Gasteiger partial charge in [-0.2, -0.15) is 0 Å². The highest BCUT2D eigenvalue weighted by atomic mass is 32.1. The molecule has 3 heteroatoms. The van der Waals surface area contributed by atoms with Gasteiger partial charge in [0, 0.05) is 0 Å². The SMILES string of the molecule is Cc1cccc2[nH]c(=S)n(C(C)c3ccccc3)c12. The minimum absolute atomic E-state index is 0.226. The Kier molecular flexibility index (Phi) is 2.99. The normalized spacial score (nSPS) is 12.7. The number of rotatable bonds is 2. The first-order valence-corrected chi connectivity index (χ1v) is 6.84. The molecule has 0 fully saturated rings. The van der Waals surface area contributed by atoms with Crippen molar-refractivity contribution in [1.82, 2.24) is 9.55 Å². The topological polar surface area (TPSA) is 20.7 Å². The van der Waals surface area contributed by atoms with Gasteiger partial charge in [0.05, 0.1) is 17.1 Å². The molecule has 0 radical (unpaired) electrons. The molecule has 0 aliphatic heterocycles. The number of aromatic nitrogens is 2. The zero-order chi connectivity index (χ0) is 13.4. The molecule has 1 heterocycles. The lowest BCUT2D eigenvalue weighted by Crippen LogP contribution is -2.07. The van der Waals surface area contributed by atoms with E-state index in [9.17, 15) is 0 Å². The van der Waals surface area contributed by atoms with Crippen molar-refractivity contribution in [2.45, 2.75) is 19.9 Å². The second kappa shape index (κ2) is 4.67. The molecular formula is C16H16N2S. The van der Waals surface area contributed by atoms with Gasteiger partial charge >= 0.3 is 0 Å². The van der Waals surface area contributed by atoms with Gasteiger partial charge in [-0.25, -0.2) is 0 Å². The standard InChI is InChI=1S/C16H16N2S/c1-11-7-6-10-14-15(11)18(16(19)17-14)12(2)13-8-4-3-5-9-13/h3-10,12H,1-2H3,(H,17,19). The number of hydrogen-bond acceptors (Lipinski definition) is 1. The molecule has 1 N–H and O–H groups in total. The van der Waals surface area contributed by atoms with Gasteiger partial charge in [-0.15, -0.1) is 0 Å². The van der Waals surface area contributed by atoms with Gasteiger partial charge in [0.1, 0.15) is 0 Å². The fraction of sp³-hybridized carbons (Fsp3) is 0.188. The molecular weight excluding hydrogens is 252 g/mol. The number of imidazole rings is 1. The molecule has 3 aromatic rings. The third-order valence-electron chi connectivity index (χ3n) is 3.61. The van der Waals surface area contributed by atoms with E-state index in [4.69, 9.17) is 12.2 Å². The monoisotopic (exact) mass is 268 g/mol. The summed E-state index contributed by atoms with van der Waals surface area (Å²) in [5, 5.41) is 0. The maximum Gasteiger partial charge on any atom is 0.178 e. The van der Waals surface area contributed by atoms with Crippen LogP contribution in [0.15, 0.2) is 48.5 Å². The Hall–Kier alpha value is -1.87. The lowest BCUT2D eigenvalue weighted by Gasteiger charge is -2.16. The van der Waals surface area contributed by atoms with Crippen molar-refractivity contribution >= 4 is 23.3 Å². The second-order valence-corrected chi connectivity index (χ2v) is 5.24. The Balaban J connectivity index is 2.26. The molecule has 0 aliphatic rings. The molecule has 96 valence electrons. The number of nitrogens with one attached hydrogen (secondary N) is 1. The number of hydrogen-bond donors (Lipinski definition) is 1. The fourth-order valence-electron chi connectivity index (χ4n) is 2.61. The lowest BCUT2D eigenvalue weighted by molar-refractivity contribution is 0.648. The zero-order valence-electron chi connectivity index (χ0n) is 11.1. The highest BCUT2D eigenvalue weighted by Crippen LogP contribution is 2.26. The summed E-state index contributed by atoms with van der Waals surface area (Å²) in [4.78, 5) is 3.30. The third kappa shape index (κ3) is 2.00. The largest absolute Gasteiger partial charge is 0.331 e. The van der Waals surface area contributed by atoms with Gasteiger partial charge in [-0.1, -0.05) is 42.5 Å². The van der Waals surface area contributed by atoms with E-state index in [0.29, 0.717) is 0 Å². The lowest BCUT2D eigenvalue weighted by atomic mass is 10.1. The number of para-hydroxylation sites is 1. The third-order valence-corrected chi connectivity index (χ3v) is 3.91. The summed E-state index contributed by atoms with van der Waals surface area (Å²) in [6.07, 6.45) is 0. The molecule has 1 unspecified atom stereocenters. The molecule has 0 saturated heterocycles. The van der Waals surface area contributed by atoms with Crippen LogP contribution in [0.5, 0.6) is 0 Å². The molecule has 2 nitrogen and oxygen atoms in total. The smallest absolute Gasteiger partial charge is 0.178 e. The van der Waals surface area contributed by atoms with Crippen LogP contribution in [-0.2, 0) is 0 Å². The summed E-state index contributed by atoms with van der Waals surface area (Å²) in [5.74, 6) is 0. The second-order valence-electron chi connectivity index (χ2n) is 4.86. The average molecular weight is 268 g/mol. The van der Waals surface area contributed by atoms with Crippen LogP contribution in [0.1, 0.15) is 24.1 Å². The molecule has 3 rings (SSSR count). The number of nitrogens with zero attached hydrogens (tertiary/aromatic N) is 1. The van der Waals surface area contributed by atoms with Crippen molar-refractivity contribution in [3.63, 3.8) is 0 Å². The minimum Gasteiger partial charge on any atom is -0.331 e. The fourth-order valence-corrected chi connectivity index (χ4v) is 2.97. The Morgan fingerprint density at radius 3 is 2.53 bits per heavy atom. The number of benzene rings is 2. The van der Waals surface area contributed by atoms with E-state index in [1.165, 1.54) is 16.6 Å². The molecule has 0 spiro atoms. The van der Waals surface area contributed by atoms with E-state index in [2.05, 4.69) is 65.9 Å². The summed E-state index contributed by atoms with van der Waals surface area (Å²) in [5.41, 5.74) is 4.81. The van der Waals surface area contributed by atoms with Crippen LogP contribution < -0.4 is 0 Å². The van der Waals surface area contributed by atoms with Crippen molar-refractivity contribution in [1.29, 1.82) is 0 Å². The summed E-state index contributed by atoms with van der Waals surface area (Å²) < 4.78 is 2.98. The average Bonchev–Trinajstić information content (AvgIpc) is 2.76. The van der Waals surface area contributed by atoms with Gasteiger partial charge < -0.3 is 9.55 Å². The molecule has 1 aromatic heterocycles. The van der Waals surface area contributed by atoms with Crippen LogP contribution in [0.25, 0.3) is 11.0 Å². The summed E-state index contributed by atoms with van der Waals surface area (Å²) in [6.45, 7) is 4.31. The number of fused-ring (bicyclic) bond motifs is 1. The maximum absolute atomic E-state index is 5.50. The molecule has 0 aliphatic carbocycles. The predicted molar refractivity (Wildman–Crippen MR) is 82.1 cm³/mol. The van der Waals surface area contributed by atoms with Gasteiger partial charge in [0.25, 0.3) is 0 Å². The van der Waals surface area contributed by atoms with Gasteiger partial charge in [-0.3, -0.25) is 0 Å². The number of H-pyrrole nitrogens is 1. The first kappa shape index (κ1) is 12.2. The molecule has 0 saturated carbocycles.